The lowest BCUT2D eigenvalue weighted by Gasteiger charge is -2.58. The molecular formula is C27H34O10. The lowest BCUT2D eigenvalue weighted by Crippen LogP contribution is -2.69. The largest absolute Gasteiger partial charge is 0.463 e. The van der Waals surface area contributed by atoms with E-state index in [0.717, 1.165) is 6.42 Å². The van der Waals surface area contributed by atoms with E-state index >= 15 is 0 Å². The Labute approximate surface area is 215 Å². The first-order valence-electron chi connectivity index (χ1n) is 13.1. The van der Waals surface area contributed by atoms with Crippen LogP contribution in [0.5, 0.6) is 0 Å². The van der Waals surface area contributed by atoms with Gasteiger partial charge in [0.2, 0.25) is 0 Å². The molecule has 4 aliphatic heterocycles. The Balaban J connectivity index is 1.37. The van der Waals surface area contributed by atoms with Crippen molar-refractivity contribution in [2.24, 2.45) is 16.7 Å². The van der Waals surface area contributed by atoms with Gasteiger partial charge in [-0.3, -0.25) is 0 Å². The van der Waals surface area contributed by atoms with Crippen molar-refractivity contribution in [3.63, 3.8) is 0 Å². The molecule has 0 aromatic rings. The Hall–Kier alpha value is -2.27. The topological polar surface area (TPSA) is 133 Å². The number of hydrogen-bond donors (Lipinski definition) is 1. The van der Waals surface area contributed by atoms with E-state index in [9.17, 15) is 19.5 Å². The van der Waals surface area contributed by atoms with Crippen molar-refractivity contribution in [2.45, 2.75) is 88.2 Å². The third-order valence-electron chi connectivity index (χ3n) is 10.0. The van der Waals surface area contributed by atoms with E-state index < -0.39 is 52.5 Å². The third kappa shape index (κ3) is 3.56. The maximum Gasteiger partial charge on any atom is 0.335 e. The lowest BCUT2D eigenvalue weighted by atomic mass is 9.50. The number of carbonyl (C=O) groups excluding carboxylic acids is 3. The number of rotatable bonds is 0. The zero-order valence-corrected chi connectivity index (χ0v) is 21.3. The molecule has 3 unspecified atom stereocenters. The highest BCUT2D eigenvalue weighted by molar-refractivity contribution is 5.84. The average molecular weight is 519 g/mol. The van der Waals surface area contributed by atoms with Gasteiger partial charge in [-0.15, -0.1) is 0 Å². The molecular weight excluding hydrogens is 484 g/mol. The fourth-order valence-corrected chi connectivity index (χ4v) is 7.36. The second-order valence-corrected chi connectivity index (χ2v) is 11.8. The standard InChI is InChI=1S/C27H34O10/c1-15-8-11-32-18(28)6-4-5-7-19(29)35-16-12-17-27(14-34-27)25(16,3)26(13-33-23(31)20(15)30)10-9-24(2)21(37-24)22(26)36-17/h4-7,15-17,20-22,30H,8-14H2,1-3H3/b6-4+,7-5?/t15-,16-,17-,20+,21?,22-,24-,25?,26-,27?/m1/s1. The summed E-state index contributed by atoms with van der Waals surface area (Å²) in [5, 5.41) is 10.7. The molecule has 10 heteroatoms. The van der Waals surface area contributed by atoms with Gasteiger partial charge in [-0.25, -0.2) is 14.4 Å². The average Bonchev–Trinajstić information content (AvgIpc) is 3.77. The predicted molar refractivity (Wildman–Crippen MR) is 125 cm³/mol. The van der Waals surface area contributed by atoms with Gasteiger partial charge in [0.05, 0.1) is 36.4 Å². The summed E-state index contributed by atoms with van der Waals surface area (Å²) in [4.78, 5) is 37.7. The highest BCUT2D eigenvalue weighted by atomic mass is 16.7. The van der Waals surface area contributed by atoms with Crippen LogP contribution in [0.25, 0.3) is 0 Å². The van der Waals surface area contributed by atoms with Crippen LogP contribution in [-0.4, -0.2) is 84.6 Å². The van der Waals surface area contributed by atoms with Crippen molar-refractivity contribution in [1.82, 2.24) is 0 Å². The molecule has 10 atom stereocenters. The number of epoxide rings is 2. The number of ether oxygens (including phenoxy) is 6. The van der Waals surface area contributed by atoms with Crippen LogP contribution in [0.15, 0.2) is 24.3 Å². The number of allylic oxidation sites excluding steroid dienone is 2. The number of fused-ring (bicyclic) bond motifs is 2. The van der Waals surface area contributed by atoms with Crippen LogP contribution >= 0.6 is 0 Å². The van der Waals surface area contributed by atoms with Gasteiger partial charge in [-0.05, 0) is 32.1 Å². The summed E-state index contributed by atoms with van der Waals surface area (Å²) < 4.78 is 35.9. The van der Waals surface area contributed by atoms with E-state index in [4.69, 9.17) is 28.4 Å². The number of aliphatic hydroxyl groups is 1. The maximum absolute atomic E-state index is 13.0. The maximum atomic E-state index is 13.0. The first-order chi connectivity index (χ1) is 17.6. The van der Waals surface area contributed by atoms with E-state index in [0.29, 0.717) is 19.4 Å². The van der Waals surface area contributed by atoms with Gasteiger partial charge < -0.3 is 33.5 Å². The summed E-state index contributed by atoms with van der Waals surface area (Å²) >= 11 is 0. The van der Waals surface area contributed by atoms with Gasteiger partial charge in [0, 0.05) is 24.0 Å². The molecule has 4 heterocycles. The molecule has 1 N–H and O–H groups in total. The Morgan fingerprint density at radius 3 is 2.41 bits per heavy atom. The molecule has 3 saturated heterocycles. The summed E-state index contributed by atoms with van der Waals surface area (Å²) in [6.45, 7) is 6.30. The van der Waals surface area contributed by atoms with E-state index in [1.807, 2.05) is 0 Å². The van der Waals surface area contributed by atoms with Crippen molar-refractivity contribution in [1.29, 1.82) is 0 Å². The first-order valence-corrected chi connectivity index (χ1v) is 13.1. The lowest BCUT2D eigenvalue weighted by molar-refractivity contribution is -0.252. The smallest absolute Gasteiger partial charge is 0.335 e. The third-order valence-corrected chi connectivity index (χ3v) is 10.0. The van der Waals surface area contributed by atoms with Crippen molar-refractivity contribution in [2.75, 3.05) is 19.8 Å². The number of carbonyl (C=O) groups is 3. The van der Waals surface area contributed by atoms with Crippen molar-refractivity contribution in [3.05, 3.63) is 24.3 Å². The molecule has 2 aliphatic carbocycles. The van der Waals surface area contributed by atoms with Crippen LogP contribution < -0.4 is 0 Å². The number of esters is 3. The summed E-state index contributed by atoms with van der Waals surface area (Å²) in [6, 6.07) is 0. The molecule has 37 heavy (non-hydrogen) atoms. The minimum absolute atomic E-state index is 0.0217. The molecule has 0 radical (unpaired) electrons. The quantitative estimate of drug-likeness (QED) is 0.285. The summed E-state index contributed by atoms with van der Waals surface area (Å²) in [5.74, 6) is -2.38. The van der Waals surface area contributed by atoms with Crippen molar-refractivity contribution in [3.8, 4) is 0 Å². The van der Waals surface area contributed by atoms with E-state index in [-0.39, 0.29) is 43.5 Å². The Morgan fingerprint density at radius 2 is 1.68 bits per heavy atom. The molecule has 2 bridgehead atoms. The van der Waals surface area contributed by atoms with Crippen LogP contribution in [0.3, 0.4) is 0 Å². The molecule has 2 saturated carbocycles. The van der Waals surface area contributed by atoms with Crippen LogP contribution in [0.1, 0.15) is 46.5 Å². The minimum Gasteiger partial charge on any atom is -0.463 e. The zero-order chi connectivity index (χ0) is 26.2. The van der Waals surface area contributed by atoms with E-state index in [1.54, 1.807) is 6.92 Å². The molecule has 2 spiro atoms. The predicted octanol–water partition coefficient (Wildman–Crippen LogP) is 1.38. The molecule has 0 aromatic carbocycles. The fraction of sp³-hybridized carbons (Fsp3) is 0.741. The van der Waals surface area contributed by atoms with Crippen molar-refractivity contribution < 1.29 is 47.9 Å². The number of cyclic esters (lactones) is 2. The highest BCUT2D eigenvalue weighted by Crippen LogP contribution is 2.75. The van der Waals surface area contributed by atoms with Gasteiger partial charge in [-0.1, -0.05) is 26.0 Å². The molecule has 5 fully saturated rings. The van der Waals surface area contributed by atoms with Gasteiger partial charge in [-0.2, -0.15) is 0 Å². The molecule has 6 aliphatic rings. The van der Waals surface area contributed by atoms with E-state index in [2.05, 4.69) is 13.8 Å². The van der Waals surface area contributed by atoms with Gasteiger partial charge >= 0.3 is 17.9 Å². The second kappa shape index (κ2) is 8.36. The van der Waals surface area contributed by atoms with Gasteiger partial charge in [0.1, 0.15) is 24.4 Å². The molecule has 10 nitrogen and oxygen atoms in total. The van der Waals surface area contributed by atoms with Crippen molar-refractivity contribution >= 4 is 17.9 Å². The monoisotopic (exact) mass is 518 g/mol. The summed E-state index contributed by atoms with van der Waals surface area (Å²) in [7, 11) is 0. The molecule has 202 valence electrons. The van der Waals surface area contributed by atoms with Gasteiger partial charge in [0.15, 0.2) is 6.10 Å². The van der Waals surface area contributed by atoms with E-state index in [1.165, 1.54) is 24.3 Å². The van der Waals surface area contributed by atoms with Crippen LogP contribution in [0, 0.1) is 16.7 Å². The number of hydrogen-bond acceptors (Lipinski definition) is 10. The number of aliphatic hydroxyl groups excluding tert-OH is 1. The molecule has 6 rings (SSSR count). The summed E-state index contributed by atoms with van der Waals surface area (Å²) in [6.07, 6.45) is 4.66. The summed E-state index contributed by atoms with van der Waals surface area (Å²) in [5.41, 5.74) is -2.40. The first kappa shape index (κ1) is 25.0. The normalized spacial score (nSPS) is 52.1. The Morgan fingerprint density at radius 1 is 0.946 bits per heavy atom. The van der Waals surface area contributed by atoms with Gasteiger partial charge in [0.25, 0.3) is 0 Å². The molecule has 0 aromatic heterocycles. The fourth-order valence-electron chi connectivity index (χ4n) is 7.36. The molecule has 0 amide bonds. The highest BCUT2D eigenvalue weighted by Gasteiger charge is 2.86. The second-order valence-electron chi connectivity index (χ2n) is 11.8. The minimum atomic E-state index is -1.38. The Kier molecular flexibility index (Phi) is 5.66. The van der Waals surface area contributed by atoms with Crippen LogP contribution in [0.2, 0.25) is 0 Å². The zero-order valence-electron chi connectivity index (χ0n) is 21.3. The van der Waals surface area contributed by atoms with Crippen LogP contribution in [-0.2, 0) is 42.8 Å². The van der Waals surface area contributed by atoms with Crippen LogP contribution in [0.4, 0.5) is 0 Å². The SMILES string of the molecule is C[C@@H]1CCOC(=O)/C=C/C=CC(=O)O[C@@H]2C[C@H]3O[C@@H]4C5O[C@]5(C)CC[C@]4(COC(=O)[C@H]1O)C2(C)C31CO1. The Bertz CT molecular complexity index is 1060.